The van der Waals surface area contributed by atoms with Gasteiger partial charge in [-0.3, -0.25) is 10.1 Å². The lowest BCUT2D eigenvalue weighted by Crippen LogP contribution is -1.99. The monoisotopic (exact) mass is 290 g/mol. The minimum atomic E-state index is -0.621. The Balaban J connectivity index is 2.76. The summed E-state index contributed by atoms with van der Waals surface area (Å²) in [4.78, 5) is 17.9. The first kappa shape index (κ1) is 13.7. The summed E-state index contributed by atoms with van der Waals surface area (Å²) in [5, 5.41) is 19.8. The maximum atomic E-state index is 11.0. The molecule has 0 radical (unpaired) electrons. The topological polar surface area (TPSA) is 102 Å². The number of nitrogens with zero attached hydrogens (tertiary/aromatic N) is 4. The van der Waals surface area contributed by atoms with Gasteiger partial charge in [0.1, 0.15) is 11.9 Å². The van der Waals surface area contributed by atoms with Crippen molar-refractivity contribution in [2.75, 3.05) is 7.11 Å². The lowest BCUT2D eigenvalue weighted by atomic mass is 10.1. The normalized spacial score (nSPS) is 9.85. The zero-order chi connectivity index (χ0) is 14.7. The van der Waals surface area contributed by atoms with Gasteiger partial charge in [-0.25, -0.2) is 9.97 Å². The molecule has 0 saturated carbocycles. The smallest absolute Gasteiger partial charge is 0.313 e. The zero-order valence-electron chi connectivity index (χ0n) is 10.2. The van der Waals surface area contributed by atoms with E-state index >= 15 is 0 Å². The first-order valence-corrected chi connectivity index (χ1v) is 5.70. The molecule has 8 heteroatoms. The lowest BCUT2D eigenvalue weighted by molar-refractivity contribution is -0.384. The fraction of sp³-hybridized carbons (Fsp3) is 0.0833. The van der Waals surface area contributed by atoms with E-state index in [9.17, 15) is 10.1 Å². The fourth-order valence-corrected chi connectivity index (χ4v) is 1.78. The van der Waals surface area contributed by atoms with Gasteiger partial charge in [-0.05, 0) is 29.8 Å². The SMILES string of the molecule is COc1ccc(C#N)cc1-c1nc(Cl)ncc1[N+](=O)[O-]. The minimum Gasteiger partial charge on any atom is -0.496 e. The van der Waals surface area contributed by atoms with Crippen LogP contribution in [0.15, 0.2) is 24.4 Å². The molecular formula is C12H7ClN4O3. The number of benzene rings is 1. The molecule has 0 aliphatic rings. The van der Waals surface area contributed by atoms with Crippen LogP contribution in [0.4, 0.5) is 5.69 Å². The summed E-state index contributed by atoms with van der Waals surface area (Å²) in [7, 11) is 1.42. The number of nitriles is 1. The molecule has 7 nitrogen and oxygen atoms in total. The van der Waals surface area contributed by atoms with Gasteiger partial charge in [0, 0.05) is 0 Å². The molecule has 0 aliphatic heterocycles. The van der Waals surface area contributed by atoms with Gasteiger partial charge >= 0.3 is 5.69 Å². The van der Waals surface area contributed by atoms with E-state index in [2.05, 4.69) is 9.97 Å². The van der Waals surface area contributed by atoms with Crippen molar-refractivity contribution in [3.63, 3.8) is 0 Å². The third-order valence-corrected chi connectivity index (χ3v) is 2.70. The third kappa shape index (κ3) is 2.50. The van der Waals surface area contributed by atoms with E-state index in [1.807, 2.05) is 6.07 Å². The van der Waals surface area contributed by atoms with Crippen molar-refractivity contribution in [3.8, 4) is 23.1 Å². The molecule has 1 aromatic heterocycles. The van der Waals surface area contributed by atoms with E-state index in [4.69, 9.17) is 21.6 Å². The molecule has 2 rings (SSSR count). The number of aromatic nitrogens is 2. The van der Waals surface area contributed by atoms with Crippen molar-refractivity contribution in [3.05, 3.63) is 45.4 Å². The Bertz CT molecular complexity index is 727. The summed E-state index contributed by atoms with van der Waals surface area (Å²) in [6.45, 7) is 0. The quantitative estimate of drug-likeness (QED) is 0.489. The van der Waals surface area contributed by atoms with Crippen LogP contribution in [0.5, 0.6) is 5.75 Å². The van der Waals surface area contributed by atoms with Crippen LogP contribution >= 0.6 is 11.6 Å². The molecule has 0 N–H and O–H groups in total. The van der Waals surface area contributed by atoms with E-state index in [0.717, 1.165) is 6.20 Å². The highest BCUT2D eigenvalue weighted by Crippen LogP contribution is 2.35. The average Bonchev–Trinajstić information content (AvgIpc) is 2.46. The van der Waals surface area contributed by atoms with E-state index in [0.29, 0.717) is 16.9 Å². The first-order chi connectivity index (χ1) is 9.56. The van der Waals surface area contributed by atoms with E-state index in [1.165, 1.54) is 25.3 Å². The van der Waals surface area contributed by atoms with Crippen LogP contribution in [0.1, 0.15) is 5.56 Å². The molecular weight excluding hydrogens is 284 g/mol. The second-order valence-electron chi connectivity index (χ2n) is 3.66. The molecule has 0 saturated heterocycles. The molecule has 0 unspecified atom stereocenters. The Labute approximate surface area is 118 Å². The number of nitro groups is 1. The van der Waals surface area contributed by atoms with Gasteiger partial charge in [-0.15, -0.1) is 0 Å². The average molecular weight is 291 g/mol. The number of halogens is 1. The van der Waals surface area contributed by atoms with E-state index in [-0.39, 0.29) is 16.7 Å². The summed E-state index contributed by atoms with van der Waals surface area (Å²) in [5.41, 5.74) is 0.319. The van der Waals surface area contributed by atoms with Crippen molar-refractivity contribution >= 4 is 17.3 Å². The Hall–Kier alpha value is -2.72. The summed E-state index contributed by atoms with van der Waals surface area (Å²) < 4.78 is 5.14. The number of ether oxygens (including phenoxy) is 1. The number of rotatable bonds is 3. The highest BCUT2D eigenvalue weighted by atomic mass is 35.5. The molecule has 100 valence electrons. The molecule has 0 amide bonds. The molecule has 0 fully saturated rings. The number of methoxy groups -OCH3 is 1. The Morgan fingerprint density at radius 1 is 1.50 bits per heavy atom. The van der Waals surface area contributed by atoms with Gasteiger partial charge in [-0.1, -0.05) is 0 Å². The van der Waals surface area contributed by atoms with Crippen LogP contribution in [0.25, 0.3) is 11.3 Å². The van der Waals surface area contributed by atoms with E-state index in [1.54, 1.807) is 0 Å². The highest BCUT2D eigenvalue weighted by Gasteiger charge is 2.22. The van der Waals surface area contributed by atoms with Crippen LogP contribution in [-0.4, -0.2) is 22.0 Å². The van der Waals surface area contributed by atoms with Gasteiger partial charge in [0.05, 0.1) is 29.2 Å². The standard InChI is InChI=1S/C12H7ClN4O3/c1-20-10-3-2-7(5-14)4-8(10)11-9(17(18)19)6-15-12(13)16-11/h2-4,6H,1H3. The Morgan fingerprint density at radius 2 is 2.25 bits per heavy atom. The van der Waals surface area contributed by atoms with Crippen molar-refractivity contribution in [1.29, 1.82) is 5.26 Å². The van der Waals surface area contributed by atoms with Gasteiger partial charge < -0.3 is 4.74 Å². The van der Waals surface area contributed by atoms with Crippen molar-refractivity contribution in [1.82, 2.24) is 9.97 Å². The maximum Gasteiger partial charge on any atom is 0.313 e. The molecule has 1 aromatic carbocycles. The third-order valence-electron chi connectivity index (χ3n) is 2.52. The molecule has 0 atom stereocenters. The Kier molecular flexibility index (Phi) is 3.77. The fourth-order valence-electron chi connectivity index (χ4n) is 1.65. The summed E-state index contributed by atoms with van der Waals surface area (Å²) in [6, 6.07) is 6.47. The molecule has 20 heavy (non-hydrogen) atoms. The van der Waals surface area contributed by atoms with Crippen LogP contribution in [-0.2, 0) is 0 Å². The van der Waals surface area contributed by atoms with Gasteiger partial charge in [-0.2, -0.15) is 5.26 Å². The Morgan fingerprint density at radius 3 is 2.85 bits per heavy atom. The predicted octanol–water partition coefficient (Wildman–Crippen LogP) is 2.59. The second-order valence-corrected chi connectivity index (χ2v) is 3.99. The summed E-state index contributed by atoms with van der Waals surface area (Å²) >= 11 is 5.69. The minimum absolute atomic E-state index is 0.00366. The first-order valence-electron chi connectivity index (χ1n) is 5.32. The predicted molar refractivity (Wildman–Crippen MR) is 70.4 cm³/mol. The van der Waals surface area contributed by atoms with Gasteiger partial charge in [0.2, 0.25) is 5.28 Å². The molecule has 0 spiro atoms. The molecule has 2 aromatic rings. The lowest BCUT2D eigenvalue weighted by Gasteiger charge is -2.08. The summed E-state index contributed by atoms with van der Waals surface area (Å²) in [5.74, 6) is 0.349. The van der Waals surface area contributed by atoms with Gasteiger partial charge in [0.25, 0.3) is 0 Å². The van der Waals surface area contributed by atoms with Gasteiger partial charge in [0.15, 0.2) is 5.69 Å². The number of hydrogen-bond acceptors (Lipinski definition) is 6. The largest absolute Gasteiger partial charge is 0.496 e. The second kappa shape index (κ2) is 5.50. The van der Waals surface area contributed by atoms with Crippen LogP contribution in [0.2, 0.25) is 5.28 Å². The maximum absolute atomic E-state index is 11.0. The number of hydrogen-bond donors (Lipinski definition) is 0. The van der Waals surface area contributed by atoms with Crippen LogP contribution in [0, 0.1) is 21.4 Å². The van der Waals surface area contributed by atoms with Crippen molar-refractivity contribution < 1.29 is 9.66 Å². The van der Waals surface area contributed by atoms with E-state index < -0.39 is 4.92 Å². The molecule has 0 bridgehead atoms. The van der Waals surface area contributed by atoms with Crippen LogP contribution in [0.3, 0.4) is 0 Å². The van der Waals surface area contributed by atoms with Crippen molar-refractivity contribution in [2.24, 2.45) is 0 Å². The highest BCUT2D eigenvalue weighted by molar-refractivity contribution is 6.28. The molecule has 0 aliphatic carbocycles. The zero-order valence-corrected chi connectivity index (χ0v) is 11.0. The summed E-state index contributed by atoms with van der Waals surface area (Å²) in [6.07, 6.45) is 1.02. The van der Waals surface area contributed by atoms with Crippen LogP contribution < -0.4 is 4.74 Å². The van der Waals surface area contributed by atoms with Crippen molar-refractivity contribution in [2.45, 2.75) is 0 Å². The molecule has 1 heterocycles.